The van der Waals surface area contributed by atoms with Crippen molar-refractivity contribution in [1.29, 1.82) is 0 Å². The highest BCUT2D eigenvalue weighted by Crippen LogP contribution is 2.22. The zero-order valence-electron chi connectivity index (χ0n) is 6.67. The van der Waals surface area contributed by atoms with Crippen molar-refractivity contribution < 1.29 is 0 Å². The van der Waals surface area contributed by atoms with Gasteiger partial charge in [0.25, 0.3) is 0 Å². The Balaban J connectivity index is 0.000000605. The van der Waals surface area contributed by atoms with Gasteiger partial charge in [0.15, 0.2) is 0 Å². The van der Waals surface area contributed by atoms with Crippen LogP contribution in [0.15, 0.2) is 0 Å². The van der Waals surface area contributed by atoms with Crippen molar-refractivity contribution in [2.75, 3.05) is 5.73 Å². The fraction of sp³-hybridized carbons (Fsp3) is 0.571. The highest BCUT2D eigenvalue weighted by Gasteiger charge is 2.13. The first-order valence-electron chi connectivity index (χ1n) is 3.69. The van der Waals surface area contributed by atoms with Crippen molar-refractivity contribution in [2.24, 2.45) is 0 Å². The van der Waals surface area contributed by atoms with Gasteiger partial charge >= 0.3 is 0 Å². The summed E-state index contributed by atoms with van der Waals surface area (Å²) in [5.41, 5.74) is 8.13. The van der Waals surface area contributed by atoms with Crippen LogP contribution in [-0.2, 0) is 12.8 Å². The second kappa shape index (κ2) is 4.58. The van der Waals surface area contributed by atoms with E-state index >= 15 is 0 Å². The quantitative estimate of drug-likeness (QED) is 0.684. The molecule has 0 amide bonds. The number of fused-ring (bicyclic) bond motifs is 1. The van der Waals surface area contributed by atoms with Crippen molar-refractivity contribution in [3.63, 3.8) is 0 Å². The van der Waals surface area contributed by atoms with Crippen molar-refractivity contribution in [3.05, 3.63) is 11.3 Å². The van der Waals surface area contributed by atoms with Gasteiger partial charge < -0.3 is 5.73 Å². The van der Waals surface area contributed by atoms with Gasteiger partial charge in [-0.3, -0.25) is 5.10 Å². The van der Waals surface area contributed by atoms with Crippen LogP contribution in [0.2, 0.25) is 0 Å². The second-order valence-electron chi connectivity index (χ2n) is 2.77. The molecule has 5 heteroatoms. The van der Waals surface area contributed by atoms with Gasteiger partial charge in [0, 0.05) is 11.3 Å². The van der Waals surface area contributed by atoms with E-state index < -0.39 is 0 Å². The summed E-state index contributed by atoms with van der Waals surface area (Å²) in [6, 6.07) is 0. The molecule has 1 aromatic rings. The molecule has 0 fully saturated rings. The van der Waals surface area contributed by atoms with Crippen LogP contribution in [0, 0.1) is 0 Å². The fourth-order valence-electron chi connectivity index (χ4n) is 1.51. The van der Waals surface area contributed by atoms with Gasteiger partial charge in [-0.05, 0) is 25.7 Å². The molecule has 0 saturated carbocycles. The average Bonchev–Trinajstić information content (AvgIpc) is 2.34. The third kappa shape index (κ3) is 1.84. The maximum absolute atomic E-state index is 5.62. The highest BCUT2D eigenvalue weighted by atomic mass is 35.5. The summed E-state index contributed by atoms with van der Waals surface area (Å²) in [4.78, 5) is 0. The standard InChI is InChI=1S/C7H11N3.2ClH/c8-7-5-3-1-2-4-6(5)9-10-7;;/h1-4H2,(H3,8,9,10);2*1H. The molecular formula is C7H13Cl2N3. The van der Waals surface area contributed by atoms with Crippen LogP contribution in [-0.4, -0.2) is 10.2 Å². The Morgan fingerprint density at radius 2 is 1.83 bits per heavy atom. The molecule has 1 aliphatic rings. The number of nitrogen functional groups attached to an aromatic ring is 1. The molecule has 0 spiro atoms. The number of H-pyrrole nitrogens is 1. The van der Waals surface area contributed by atoms with Crippen molar-refractivity contribution in [2.45, 2.75) is 25.7 Å². The number of nitrogens with one attached hydrogen (secondary N) is 1. The third-order valence-corrected chi connectivity index (χ3v) is 2.09. The molecule has 0 aliphatic heterocycles. The van der Waals surface area contributed by atoms with E-state index in [1.54, 1.807) is 0 Å². The summed E-state index contributed by atoms with van der Waals surface area (Å²) in [7, 11) is 0. The van der Waals surface area contributed by atoms with Gasteiger partial charge in [0.1, 0.15) is 5.82 Å². The van der Waals surface area contributed by atoms with Crippen LogP contribution in [0.3, 0.4) is 0 Å². The normalized spacial score (nSPS) is 14.0. The molecule has 0 atom stereocenters. The first-order chi connectivity index (χ1) is 4.88. The van der Waals surface area contributed by atoms with E-state index in [2.05, 4.69) is 10.2 Å². The van der Waals surface area contributed by atoms with Crippen LogP contribution in [0.1, 0.15) is 24.1 Å². The molecular weight excluding hydrogens is 197 g/mol. The molecule has 0 aromatic carbocycles. The molecule has 2 rings (SSSR count). The Morgan fingerprint density at radius 1 is 1.17 bits per heavy atom. The number of hydrogen-bond acceptors (Lipinski definition) is 2. The Hall–Kier alpha value is -0.410. The summed E-state index contributed by atoms with van der Waals surface area (Å²) in [5.74, 6) is 0.703. The van der Waals surface area contributed by atoms with E-state index in [4.69, 9.17) is 5.73 Å². The molecule has 1 aromatic heterocycles. The van der Waals surface area contributed by atoms with E-state index in [0.717, 1.165) is 12.8 Å². The Kier molecular flexibility index (Phi) is 4.42. The monoisotopic (exact) mass is 209 g/mol. The van der Waals surface area contributed by atoms with Crippen LogP contribution < -0.4 is 5.73 Å². The van der Waals surface area contributed by atoms with E-state index in [1.807, 2.05) is 0 Å². The Bertz CT molecular complexity index is 247. The van der Waals surface area contributed by atoms with Crippen LogP contribution >= 0.6 is 24.8 Å². The minimum atomic E-state index is 0. The molecule has 70 valence electrons. The van der Waals surface area contributed by atoms with Crippen molar-refractivity contribution in [1.82, 2.24) is 10.2 Å². The van der Waals surface area contributed by atoms with Gasteiger partial charge in [-0.15, -0.1) is 24.8 Å². The highest BCUT2D eigenvalue weighted by molar-refractivity contribution is 5.85. The molecule has 3 N–H and O–H groups in total. The molecule has 0 bridgehead atoms. The molecule has 1 aliphatic carbocycles. The van der Waals surface area contributed by atoms with Crippen molar-refractivity contribution >= 4 is 30.6 Å². The number of anilines is 1. The summed E-state index contributed by atoms with van der Waals surface area (Å²) < 4.78 is 0. The largest absolute Gasteiger partial charge is 0.382 e. The van der Waals surface area contributed by atoms with E-state index in [0.29, 0.717) is 5.82 Å². The number of rotatable bonds is 0. The van der Waals surface area contributed by atoms with E-state index in [1.165, 1.54) is 24.1 Å². The maximum Gasteiger partial charge on any atom is 0.148 e. The lowest BCUT2D eigenvalue weighted by atomic mass is 9.98. The number of hydrogen-bond donors (Lipinski definition) is 2. The number of halogens is 2. The van der Waals surface area contributed by atoms with Gasteiger partial charge in [-0.1, -0.05) is 0 Å². The smallest absolute Gasteiger partial charge is 0.148 e. The number of nitrogens with two attached hydrogens (primary N) is 1. The van der Waals surface area contributed by atoms with Gasteiger partial charge in [0.2, 0.25) is 0 Å². The third-order valence-electron chi connectivity index (χ3n) is 2.09. The molecule has 1 heterocycles. The summed E-state index contributed by atoms with van der Waals surface area (Å²) in [6.45, 7) is 0. The second-order valence-corrected chi connectivity index (χ2v) is 2.77. The van der Waals surface area contributed by atoms with Crippen LogP contribution in [0.25, 0.3) is 0 Å². The SMILES string of the molecule is Cl.Cl.Nc1n[nH]c2c1CCCC2. The number of nitrogens with zero attached hydrogens (tertiary/aromatic N) is 1. The lowest BCUT2D eigenvalue weighted by Crippen LogP contribution is -2.01. The summed E-state index contributed by atoms with van der Waals surface area (Å²) >= 11 is 0. The summed E-state index contributed by atoms with van der Waals surface area (Å²) in [6.07, 6.45) is 4.77. The first-order valence-corrected chi connectivity index (χ1v) is 3.69. The number of aryl methyl sites for hydroxylation is 1. The maximum atomic E-state index is 5.62. The van der Waals surface area contributed by atoms with Crippen LogP contribution in [0.4, 0.5) is 5.82 Å². The minimum absolute atomic E-state index is 0. The molecule has 0 unspecified atom stereocenters. The first kappa shape index (κ1) is 11.6. The topological polar surface area (TPSA) is 54.7 Å². The molecule has 0 saturated heterocycles. The summed E-state index contributed by atoms with van der Waals surface area (Å²) in [5, 5.41) is 6.90. The van der Waals surface area contributed by atoms with Gasteiger partial charge in [0.05, 0.1) is 0 Å². The lowest BCUT2D eigenvalue weighted by Gasteiger charge is -2.08. The predicted octanol–water partition coefficient (Wildman–Crippen LogP) is 1.71. The lowest BCUT2D eigenvalue weighted by molar-refractivity contribution is 0.675. The Morgan fingerprint density at radius 3 is 2.50 bits per heavy atom. The zero-order valence-corrected chi connectivity index (χ0v) is 8.30. The molecule has 12 heavy (non-hydrogen) atoms. The van der Waals surface area contributed by atoms with Crippen molar-refractivity contribution in [3.8, 4) is 0 Å². The number of aromatic amines is 1. The van der Waals surface area contributed by atoms with Gasteiger partial charge in [-0.25, -0.2) is 0 Å². The Labute approximate surface area is 83.9 Å². The minimum Gasteiger partial charge on any atom is -0.382 e. The van der Waals surface area contributed by atoms with Gasteiger partial charge in [-0.2, -0.15) is 5.10 Å². The molecule has 0 radical (unpaired) electrons. The predicted molar refractivity (Wildman–Crippen MR) is 54.1 cm³/mol. The fourth-order valence-corrected chi connectivity index (χ4v) is 1.51. The van der Waals surface area contributed by atoms with E-state index in [-0.39, 0.29) is 24.8 Å². The number of aromatic nitrogens is 2. The molecule has 3 nitrogen and oxygen atoms in total. The average molecular weight is 210 g/mol. The zero-order chi connectivity index (χ0) is 6.97. The van der Waals surface area contributed by atoms with Crippen LogP contribution in [0.5, 0.6) is 0 Å². The van der Waals surface area contributed by atoms with E-state index in [9.17, 15) is 0 Å².